The fourth-order valence-corrected chi connectivity index (χ4v) is 3.46. The van der Waals surface area contributed by atoms with Crippen molar-refractivity contribution < 1.29 is 9.47 Å². The van der Waals surface area contributed by atoms with Gasteiger partial charge in [-0.05, 0) is 32.2 Å². The lowest BCUT2D eigenvalue weighted by Crippen LogP contribution is -2.42. The van der Waals surface area contributed by atoms with Gasteiger partial charge in [0.2, 0.25) is 0 Å². The summed E-state index contributed by atoms with van der Waals surface area (Å²) in [5.41, 5.74) is 0. The van der Waals surface area contributed by atoms with Crippen LogP contribution in [-0.2, 0) is 9.47 Å². The van der Waals surface area contributed by atoms with Crippen LogP contribution in [0.3, 0.4) is 0 Å². The number of nitrogens with one attached hydrogen (secondary N) is 1. The topological polar surface area (TPSA) is 33.7 Å². The molecule has 2 atom stereocenters. The highest BCUT2D eigenvalue weighted by molar-refractivity contribution is 4.92. The summed E-state index contributed by atoms with van der Waals surface area (Å²) in [4.78, 5) is 2.57. The van der Waals surface area contributed by atoms with Gasteiger partial charge in [0, 0.05) is 39.4 Å². The van der Waals surface area contributed by atoms with Gasteiger partial charge in [-0.1, -0.05) is 6.92 Å². The highest BCUT2D eigenvalue weighted by Crippen LogP contribution is 2.27. The van der Waals surface area contributed by atoms with Gasteiger partial charge in [0.15, 0.2) is 0 Å². The second kappa shape index (κ2) is 6.85. The lowest BCUT2D eigenvalue weighted by Gasteiger charge is -2.34. The normalized spacial score (nSPS) is 38.2. The van der Waals surface area contributed by atoms with Crippen LogP contribution in [0.2, 0.25) is 0 Å². The largest absolute Gasteiger partial charge is 0.377 e. The molecule has 4 nitrogen and oxygen atoms in total. The van der Waals surface area contributed by atoms with E-state index in [0.29, 0.717) is 0 Å². The summed E-state index contributed by atoms with van der Waals surface area (Å²) in [6, 6.07) is 1.48. The van der Waals surface area contributed by atoms with E-state index in [9.17, 15) is 0 Å². The van der Waals surface area contributed by atoms with Crippen LogP contribution in [0.5, 0.6) is 0 Å². The first-order valence-corrected chi connectivity index (χ1v) is 7.31. The average Bonchev–Trinajstić information content (AvgIpc) is 2.83. The Morgan fingerprint density at radius 1 is 1.00 bits per heavy atom. The molecule has 0 bridgehead atoms. The van der Waals surface area contributed by atoms with Crippen LogP contribution in [0.25, 0.3) is 0 Å². The summed E-state index contributed by atoms with van der Waals surface area (Å²) >= 11 is 0. The predicted molar refractivity (Wildman–Crippen MR) is 72.9 cm³/mol. The summed E-state index contributed by atoms with van der Waals surface area (Å²) in [6.07, 6.45) is 5.74. The van der Waals surface area contributed by atoms with Gasteiger partial charge in [0.1, 0.15) is 0 Å². The Hall–Kier alpha value is -0.160. The van der Waals surface area contributed by atoms with Crippen LogP contribution in [0, 0.1) is 0 Å². The van der Waals surface area contributed by atoms with Crippen molar-refractivity contribution in [2.45, 2.75) is 56.9 Å². The molecule has 1 N–H and O–H groups in total. The standard InChI is InChI=1S/C14H28N2O2/c1-4-15-11-5-7-12(8-6-11)16-9-13(17-2)14(10-16)18-3/h11-15H,4-10H2,1-3H3. The summed E-state index contributed by atoms with van der Waals surface area (Å²) in [5, 5.41) is 3.57. The van der Waals surface area contributed by atoms with E-state index in [1.54, 1.807) is 14.2 Å². The summed E-state index contributed by atoms with van der Waals surface area (Å²) in [5.74, 6) is 0. The van der Waals surface area contributed by atoms with Gasteiger partial charge in [-0.25, -0.2) is 0 Å². The molecule has 1 heterocycles. The molecular weight excluding hydrogens is 228 g/mol. The van der Waals surface area contributed by atoms with Gasteiger partial charge in [0.25, 0.3) is 0 Å². The van der Waals surface area contributed by atoms with E-state index in [-0.39, 0.29) is 12.2 Å². The van der Waals surface area contributed by atoms with Crippen LogP contribution in [0.15, 0.2) is 0 Å². The van der Waals surface area contributed by atoms with Crippen molar-refractivity contribution >= 4 is 0 Å². The molecule has 2 unspecified atom stereocenters. The third-order valence-corrected chi connectivity index (χ3v) is 4.55. The monoisotopic (exact) mass is 256 g/mol. The van der Waals surface area contributed by atoms with Crippen molar-refractivity contribution in [3.63, 3.8) is 0 Å². The Labute approximate surface area is 111 Å². The zero-order valence-corrected chi connectivity index (χ0v) is 12.0. The number of likely N-dealkylation sites (tertiary alicyclic amines) is 1. The van der Waals surface area contributed by atoms with E-state index in [4.69, 9.17) is 9.47 Å². The van der Waals surface area contributed by atoms with Crippen molar-refractivity contribution in [3.05, 3.63) is 0 Å². The fourth-order valence-electron chi connectivity index (χ4n) is 3.46. The minimum atomic E-state index is 0.251. The Balaban J connectivity index is 1.80. The Kier molecular flexibility index (Phi) is 5.42. The summed E-state index contributed by atoms with van der Waals surface area (Å²) < 4.78 is 11.0. The molecule has 18 heavy (non-hydrogen) atoms. The molecule has 2 fully saturated rings. The highest BCUT2D eigenvalue weighted by Gasteiger charge is 2.37. The number of rotatable bonds is 5. The SMILES string of the molecule is CCNC1CCC(N2CC(OC)C(OC)C2)CC1. The first kappa shape index (κ1) is 14.3. The molecule has 1 saturated carbocycles. The minimum absolute atomic E-state index is 0.251. The molecule has 0 aromatic heterocycles. The molecule has 0 radical (unpaired) electrons. The smallest absolute Gasteiger partial charge is 0.0971 e. The van der Waals surface area contributed by atoms with Gasteiger partial charge in [-0.3, -0.25) is 4.90 Å². The third-order valence-electron chi connectivity index (χ3n) is 4.55. The molecule has 2 aliphatic rings. The summed E-state index contributed by atoms with van der Waals surface area (Å²) in [7, 11) is 3.59. The molecule has 1 saturated heterocycles. The lowest BCUT2D eigenvalue weighted by molar-refractivity contribution is -0.00461. The predicted octanol–water partition coefficient (Wildman–Crippen LogP) is 1.25. The zero-order chi connectivity index (χ0) is 13.0. The maximum Gasteiger partial charge on any atom is 0.0971 e. The first-order valence-electron chi connectivity index (χ1n) is 7.31. The fraction of sp³-hybridized carbons (Fsp3) is 1.00. The quantitative estimate of drug-likeness (QED) is 0.803. The highest BCUT2D eigenvalue weighted by atomic mass is 16.5. The number of methoxy groups -OCH3 is 2. The van der Waals surface area contributed by atoms with Gasteiger partial charge in [0.05, 0.1) is 12.2 Å². The number of hydrogen-bond acceptors (Lipinski definition) is 4. The molecule has 0 aromatic rings. The number of nitrogens with zero attached hydrogens (tertiary/aromatic N) is 1. The van der Waals surface area contributed by atoms with Gasteiger partial charge < -0.3 is 14.8 Å². The van der Waals surface area contributed by atoms with E-state index in [1.807, 2.05) is 0 Å². The second-order valence-electron chi connectivity index (χ2n) is 5.57. The van der Waals surface area contributed by atoms with Crippen LogP contribution in [0.4, 0.5) is 0 Å². The Morgan fingerprint density at radius 2 is 1.56 bits per heavy atom. The van der Waals surface area contributed by atoms with E-state index in [0.717, 1.165) is 31.7 Å². The maximum atomic E-state index is 5.52. The Morgan fingerprint density at radius 3 is 2.00 bits per heavy atom. The third kappa shape index (κ3) is 3.23. The maximum absolute atomic E-state index is 5.52. The number of ether oxygens (including phenoxy) is 2. The molecule has 4 heteroatoms. The first-order chi connectivity index (χ1) is 8.78. The van der Waals surface area contributed by atoms with Crippen molar-refractivity contribution in [3.8, 4) is 0 Å². The molecule has 0 amide bonds. The van der Waals surface area contributed by atoms with Gasteiger partial charge in [-0.2, -0.15) is 0 Å². The van der Waals surface area contributed by atoms with Crippen LogP contribution in [-0.4, -0.2) is 63.0 Å². The lowest BCUT2D eigenvalue weighted by atomic mass is 9.90. The zero-order valence-electron chi connectivity index (χ0n) is 12.0. The van der Waals surface area contributed by atoms with Crippen molar-refractivity contribution in [2.75, 3.05) is 33.9 Å². The minimum Gasteiger partial charge on any atom is -0.377 e. The molecule has 1 aliphatic heterocycles. The number of hydrogen-bond donors (Lipinski definition) is 1. The molecule has 0 spiro atoms. The second-order valence-corrected chi connectivity index (χ2v) is 5.57. The van der Waals surface area contributed by atoms with E-state index in [2.05, 4.69) is 17.1 Å². The molecular formula is C14H28N2O2. The van der Waals surface area contributed by atoms with Crippen molar-refractivity contribution in [1.29, 1.82) is 0 Å². The molecule has 2 rings (SSSR count). The van der Waals surface area contributed by atoms with Crippen LogP contribution in [0.1, 0.15) is 32.6 Å². The molecule has 1 aliphatic carbocycles. The van der Waals surface area contributed by atoms with Gasteiger partial charge >= 0.3 is 0 Å². The van der Waals surface area contributed by atoms with Crippen LogP contribution >= 0.6 is 0 Å². The van der Waals surface area contributed by atoms with E-state index in [1.165, 1.54) is 25.7 Å². The summed E-state index contributed by atoms with van der Waals surface area (Å²) in [6.45, 7) is 5.35. The van der Waals surface area contributed by atoms with Crippen molar-refractivity contribution in [2.24, 2.45) is 0 Å². The molecule has 106 valence electrons. The molecule has 0 aromatic carbocycles. The van der Waals surface area contributed by atoms with Gasteiger partial charge in [-0.15, -0.1) is 0 Å². The van der Waals surface area contributed by atoms with E-state index >= 15 is 0 Å². The van der Waals surface area contributed by atoms with Crippen molar-refractivity contribution in [1.82, 2.24) is 10.2 Å². The average molecular weight is 256 g/mol. The van der Waals surface area contributed by atoms with Crippen LogP contribution < -0.4 is 5.32 Å². The Bertz CT molecular complexity index is 230. The van der Waals surface area contributed by atoms with E-state index < -0.39 is 0 Å².